The first kappa shape index (κ1) is 23.1. The Morgan fingerprint density at radius 1 is 1.18 bits per heavy atom. The fourth-order valence-electron chi connectivity index (χ4n) is 3.89. The number of H-pyrrole nitrogens is 1. The van der Waals surface area contributed by atoms with Gasteiger partial charge in [-0.25, -0.2) is 4.79 Å². The summed E-state index contributed by atoms with van der Waals surface area (Å²) in [6.45, 7) is 2.40. The van der Waals surface area contributed by atoms with Crippen molar-refractivity contribution in [2.75, 3.05) is 24.4 Å². The molecule has 9 nitrogen and oxygen atoms in total. The number of aromatic nitrogens is 2. The normalized spacial score (nSPS) is 11.1. The van der Waals surface area contributed by atoms with Gasteiger partial charge >= 0.3 is 5.69 Å². The number of carbonyl (C=O) groups is 1. The first-order valence-corrected chi connectivity index (χ1v) is 10.8. The highest BCUT2D eigenvalue weighted by Crippen LogP contribution is 2.25. The molecule has 2 aromatic carbocycles. The van der Waals surface area contributed by atoms with Crippen LogP contribution < -0.4 is 21.9 Å². The third kappa shape index (κ3) is 4.65. The molecular weight excluding hydrogens is 436 g/mol. The van der Waals surface area contributed by atoms with Crippen molar-refractivity contribution in [2.45, 2.75) is 26.4 Å². The van der Waals surface area contributed by atoms with Gasteiger partial charge in [-0.3, -0.25) is 24.0 Å². The average molecular weight is 463 g/mol. The number of nitrogens with one attached hydrogen (secondary N) is 1. The Labute approximate surface area is 195 Å². The molecule has 176 valence electrons. The van der Waals surface area contributed by atoms with Crippen LogP contribution in [-0.2, 0) is 29.0 Å². The molecule has 0 fully saturated rings. The van der Waals surface area contributed by atoms with E-state index in [0.717, 1.165) is 16.5 Å². The summed E-state index contributed by atoms with van der Waals surface area (Å²) in [4.78, 5) is 42.4. The topological polar surface area (TPSA) is 124 Å². The highest BCUT2D eigenvalue weighted by atomic mass is 16.5. The molecule has 3 N–H and O–H groups in total. The van der Waals surface area contributed by atoms with Crippen molar-refractivity contribution in [1.82, 2.24) is 9.55 Å². The molecule has 0 saturated carbocycles. The molecule has 1 amide bonds. The molecule has 0 atom stereocenters. The fraction of sp³-hybridized carbons (Fsp3) is 0.240. The number of hydrogen-bond donors (Lipinski definition) is 2. The van der Waals surface area contributed by atoms with Gasteiger partial charge in [0, 0.05) is 18.1 Å². The Morgan fingerprint density at radius 3 is 2.68 bits per heavy atom. The van der Waals surface area contributed by atoms with Crippen molar-refractivity contribution in [3.05, 3.63) is 92.3 Å². The summed E-state index contributed by atoms with van der Waals surface area (Å²) < 4.78 is 11.9. The van der Waals surface area contributed by atoms with Gasteiger partial charge in [-0.05, 0) is 24.1 Å². The minimum absolute atomic E-state index is 0.0149. The minimum Gasteiger partial charge on any atom is -0.464 e. The number of furan rings is 1. The molecule has 0 spiro atoms. The maximum Gasteiger partial charge on any atom is 0.330 e. The van der Waals surface area contributed by atoms with Gasteiger partial charge in [0.1, 0.15) is 11.4 Å². The fourth-order valence-corrected chi connectivity index (χ4v) is 3.89. The van der Waals surface area contributed by atoms with Crippen LogP contribution in [0.25, 0.3) is 11.0 Å². The van der Waals surface area contributed by atoms with Gasteiger partial charge < -0.3 is 14.9 Å². The second kappa shape index (κ2) is 9.80. The zero-order valence-electron chi connectivity index (χ0n) is 19.0. The van der Waals surface area contributed by atoms with Gasteiger partial charge in [0.2, 0.25) is 5.91 Å². The smallest absolute Gasteiger partial charge is 0.330 e. The lowest BCUT2D eigenvalue weighted by Gasteiger charge is -2.24. The summed E-state index contributed by atoms with van der Waals surface area (Å²) in [5.41, 5.74) is 8.03. The molecule has 0 saturated heterocycles. The number of aromatic amines is 1. The number of nitrogens with two attached hydrogens (primary N) is 1. The van der Waals surface area contributed by atoms with E-state index in [1.807, 2.05) is 55.5 Å². The number of fused-ring (bicyclic) bond motifs is 1. The van der Waals surface area contributed by atoms with Crippen LogP contribution in [0.2, 0.25) is 0 Å². The van der Waals surface area contributed by atoms with Crippen LogP contribution in [0.4, 0.5) is 11.5 Å². The van der Waals surface area contributed by atoms with Crippen molar-refractivity contribution in [3.63, 3.8) is 0 Å². The van der Waals surface area contributed by atoms with E-state index in [9.17, 15) is 14.4 Å². The van der Waals surface area contributed by atoms with Crippen LogP contribution in [0, 0.1) is 6.92 Å². The Kier molecular flexibility index (Phi) is 6.65. The molecule has 0 aliphatic rings. The number of anilines is 2. The second-order valence-electron chi connectivity index (χ2n) is 8.04. The third-order valence-electron chi connectivity index (χ3n) is 5.64. The van der Waals surface area contributed by atoms with E-state index in [-0.39, 0.29) is 43.5 Å². The largest absolute Gasteiger partial charge is 0.464 e. The molecular formula is C25H26N4O5. The number of rotatable bonds is 8. The zero-order valence-corrected chi connectivity index (χ0v) is 19.0. The summed E-state index contributed by atoms with van der Waals surface area (Å²) in [6, 6.07) is 15.0. The van der Waals surface area contributed by atoms with Crippen molar-refractivity contribution in [1.29, 1.82) is 0 Å². The molecule has 0 radical (unpaired) electrons. The summed E-state index contributed by atoms with van der Waals surface area (Å²) in [6.07, 6.45) is 1.54. The number of ether oxygens (including phenoxy) is 1. The number of amides is 1. The standard InChI is InChI=1S/C25H26N4O5/c1-16-8-9-19-18(15-34-20(19)12-16)13-21(30)29(14-17-6-4-3-5-7-17)22-23(26)28(10-11-33-2)25(32)27-24(22)31/h3-9,12,15H,10-11,13-14,26H2,1-2H3,(H,27,31,32). The molecule has 2 aromatic heterocycles. The maximum atomic E-state index is 13.6. The Bertz CT molecular complexity index is 1440. The van der Waals surface area contributed by atoms with Crippen LogP contribution in [0.3, 0.4) is 0 Å². The average Bonchev–Trinajstić information content (AvgIpc) is 3.20. The lowest BCUT2D eigenvalue weighted by molar-refractivity contribution is -0.118. The van der Waals surface area contributed by atoms with E-state index in [1.54, 1.807) is 6.26 Å². The summed E-state index contributed by atoms with van der Waals surface area (Å²) >= 11 is 0. The molecule has 34 heavy (non-hydrogen) atoms. The number of nitrogen functional groups attached to an aromatic ring is 1. The first-order chi connectivity index (χ1) is 16.4. The van der Waals surface area contributed by atoms with Crippen LogP contribution >= 0.6 is 0 Å². The van der Waals surface area contributed by atoms with Crippen molar-refractivity contribution >= 4 is 28.4 Å². The minimum atomic E-state index is -0.729. The molecule has 4 rings (SSSR count). The molecule has 2 heterocycles. The zero-order chi connectivity index (χ0) is 24.2. The monoisotopic (exact) mass is 462 g/mol. The number of nitrogens with zero attached hydrogens (tertiary/aromatic N) is 2. The molecule has 0 aliphatic heterocycles. The van der Waals surface area contributed by atoms with Crippen LogP contribution in [0.5, 0.6) is 0 Å². The lowest BCUT2D eigenvalue weighted by Crippen LogP contribution is -2.41. The Hall–Kier alpha value is -4.11. The van der Waals surface area contributed by atoms with Gasteiger partial charge in [0.15, 0.2) is 5.69 Å². The van der Waals surface area contributed by atoms with Crippen LogP contribution in [0.15, 0.2) is 68.8 Å². The molecule has 9 heteroatoms. The molecule has 0 unspecified atom stereocenters. The summed E-state index contributed by atoms with van der Waals surface area (Å²) in [5.74, 6) is -0.455. The highest BCUT2D eigenvalue weighted by molar-refractivity contribution is 5.98. The number of hydrogen-bond acceptors (Lipinski definition) is 6. The van der Waals surface area contributed by atoms with E-state index in [2.05, 4.69) is 4.98 Å². The van der Waals surface area contributed by atoms with Gasteiger partial charge in [-0.1, -0.05) is 42.5 Å². The van der Waals surface area contributed by atoms with Crippen molar-refractivity contribution < 1.29 is 13.9 Å². The first-order valence-electron chi connectivity index (χ1n) is 10.8. The predicted molar refractivity (Wildman–Crippen MR) is 130 cm³/mol. The maximum absolute atomic E-state index is 13.6. The van der Waals surface area contributed by atoms with Crippen LogP contribution in [0.1, 0.15) is 16.7 Å². The van der Waals surface area contributed by atoms with E-state index in [0.29, 0.717) is 11.1 Å². The van der Waals surface area contributed by atoms with Gasteiger partial charge in [0.05, 0.1) is 32.4 Å². The van der Waals surface area contributed by atoms with E-state index < -0.39 is 11.2 Å². The highest BCUT2D eigenvalue weighted by Gasteiger charge is 2.25. The number of benzene rings is 2. The SMILES string of the molecule is COCCn1c(N)c(N(Cc2ccccc2)C(=O)Cc2coc3cc(C)ccc23)c(=O)[nH]c1=O. The predicted octanol–water partition coefficient (Wildman–Crippen LogP) is 2.60. The second-order valence-corrected chi connectivity index (χ2v) is 8.04. The lowest BCUT2D eigenvalue weighted by atomic mass is 10.1. The van der Waals surface area contributed by atoms with Gasteiger partial charge in [0.25, 0.3) is 5.56 Å². The Morgan fingerprint density at radius 2 is 1.94 bits per heavy atom. The third-order valence-corrected chi connectivity index (χ3v) is 5.64. The molecule has 4 aromatic rings. The van der Waals surface area contributed by atoms with E-state index in [4.69, 9.17) is 14.9 Å². The number of carbonyl (C=O) groups excluding carboxylic acids is 1. The Balaban J connectivity index is 1.77. The van der Waals surface area contributed by atoms with E-state index >= 15 is 0 Å². The van der Waals surface area contributed by atoms with Crippen LogP contribution in [-0.4, -0.2) is 29.2 Å². The van der Waals surface area contributed by atoms with Gasteiger partial charge in [-0.2, -0.15) is 0 Å². The summed E-state index contributed by atoms with van der Waals surface area (Å²) in [5, 5.41) is 0.825. The quantitative estimate of drug-likeness (QED) is 0.415. The van der Waals surface area contributed by atoms with Crippen molar-refractivity contribution in [3.8, 4) is 0 Å². The number of methoxy groups -OCH3 is 1. The number of aryl methyl sites for hydroxylation is 1. The van der Waals surface area contributed by atoms with Crippen molar-refractivity contribution in [2.24, 2.45) is 0 Å². The molecule has 0 bridgehead atoms. The van der Waals surface area contributed by atoms with E-state index in [1.165, 1.54) is 16.6 Å². The van der Waals surface area contributed by atoms with Gasteiger partial charge in [-0.15, -0.1) is 0 Å². The summed E-state index contributed by atoms with van der Waals surface area (Å²) in [7, 11) is 1.50. The molecule has 0 aliphatic carbocycles.